The SMILES string of the molecule is C[N+](CC=C(F)C(F)(F)C(F)(F)C(F)(F)C(F)(F)C(F)(F)F)(CCO)CCCS(=O)(=O)[O-]. The summed E-state index contributed by atoms with van der Waals surface area (Å²) in [4.78, 5) is 0. The Morgan fingerprint density at radius 2 is 1.38 bits per heavy atom. The molecule has 0 aromatic carbocycles. The number of halogens is 12. The normalized spacial score (nSPS) is 17.4. The summed E-state index contributed by atoms with van der Waals surface area (Å²) in [5.74, 6) is -34.3. The van der Waals surface area contributed by atoms with E-state index in [4.69, 9.17) is 5.11 Å². The molecule has 0 aliphatic carbocycles. The van der Waals surface area contributed by atoms with Crippen LogP contribution in [0.4, 0.5) is 52.7 Å². The van der Waals surface area contributed by atoms with Crippen LogP contribution in [0.5, 0.6) is 0 Å². The van der Waals surface area contributed by atoms with Gasteiger partial charge in [0.05, 0.1) is 30.3 Å². The van der Waals surface area contributed by atoms with E-state index >= 15 is 0 Å². The van der Waals surface area contributed by atoms with Crippen molar-refractivity contribution in [2.24, 2.45) is 0 Å². The zero-order chi connectivity index (χ0) is 26.0. The quantitative estimate of drug-likeness (QED) is 0.242. The second-order valence-electron chi connectivity index (χ2n) is 6.94. The van der Waals surface area contributed by atoms with Crippen molar-refractivity contribution in [1.82, 2.24) is 0 Å². The highest BCUT2D eigenvalue weighted by Crippen LogP contribution is 2.58. The second-order valence-corrected chi connectivity index (χ2v) is 8.46. The molecule has 0 bridgehead atoms. The molecular formula is C14H17F12NO4S. The van der Waals surface area contributed by atoms with Crippen LogP contribution in [0.25, 0.3) is 0 Å². The van der Waals surface area contributed by atoms with E-state index in [0.717, 1.165) is 7.05 Å². The monoisotopic (exact) mass is 523 g/mol. The van der Waals surface area contributed by atoms with Crippen molar-refractivity contribution in [2.45, 2.75) is 36.3 Å². The molecule has 1 atom stereocenters. The molecule has 0 spiro atoms. The predicted molar refractivity (Wildman–Crippen MR) is 82.1 cm³/mol. The van der Waals surface area contributed by atoms with Crippen molar-refractivity contribution >= 4 is 10.1 Å². The molecular weight excluding hydrogens is 506 g/mol. The van der Waals surface area contributed by atoms with Crippen molar-refractivity contribution < 1.29 is 75.2 Å². The maximum absolute atomic E-state index is 13.7. The van der Waals surface area contributed by atoms with Crippen molar-refractivity contribution in [2.75, 3.05) is 39.0 Å². The number of nitrogens with zero attached hydrogens (tertiary/aromatic N) is 1. The summed E-state index contributed by atoms with van der Waals surface area (Å²) >= 11 is 0. The average Bonchev–Trinajstić information content (AvgIpc) is 2.57. The molecule has 192 valence electrons. The molecule has 0 heterocycles. The Bertz CT molecular complexity index is 781. The third kappa shape index (κ3) is 6.40. The average molecular weight is 523 g/mol. The topological polar surface area (TPSA) is 77.4 Å². The van der Waals surface area contributed by atoms with Crippen molar-refractivity contribution in [3.05, 3.63) is 11.9 Å². The van der Waals surface area contributed by atoms with Gasteiger partial charge in [0.25, 0.3) is 0 Å². The van der Waals surface area contributed by atoms with E-state index in [1.165, 1.54) is 0 Å². The van der Waals surface area contributed by atoms with E-state index < -0.39 is 94.8 Å². The van der Waals surface area contributed by atoms with Crippen LogP contribution in [0.2, 0.25) is 0 Å². The van der Waals surface area contributed by atoms with Gasteiger partial charge >= 0.3 is 29.9 Å². The van der Waals surface area contributed by atoms with Gasteiger partial charge in [-0.3, -0.25) is 0 Å². The molecule has 1 unspecified atom stereocenters. The molecule has 0 saturated carbocycles. The number of hydrogen-bond donors (Lipinski definition) is 1. The summed E-state index contributed by atoms with van der Waals surface area (Å²) in [5, 5.41) is 8.92. The molecule has 0 aromatic rings. The van der Waals surface area contributed by atoms with Gasteiger partial charge in [-0.1, -0.05) is 0 Å². The van der Waals surface area contributed by atoms with E-state index in [2.05, 4.69) is 0 Å². The number of quaternary nitrogens is 1. The van der Waals surface area contributed by atoms with Crippen LogP contribution in [0.1, 0.15) is 6.42 Å². The number of hydrogen-bond acceptors (Lipinski definition) is 4. The lowest BCUT2D eigenvalue weighted by Crippen LogP contribution is -2.66. The number of aliphatic hydroxyl groups is 1. The molecule has 0 amide bonds. The van der Waals surface area contributed by atoms with Gasteiger partial charge in [0.15, 0.2) is 5.83 Å². The molecule has 5 nitrogen and oxygen atoms in total. The summed E-state index contributed by atoms with van der Waals surface area (Å²) in [5.41, 5.74) is 0. The van der Waals surface area contributed by atoms with Crippen LogP contribution in [0.15, 0.2) is 11.9 Å². The highest BCUT2D eigenvalue weighted by atomic mass is 32.2. The summed E-state index contributed by atoms with van der Waals surface area (Å²) in [7, 11) is -3.76. The fourth-order valence-electron chi connectivity index (χ4n) is 2.31. The predicted octanol–water partition coefficient (Wildman–Crippen LogP) is 3.32. The molecule has 18 heteroatoms. The maximum Gasteiger partial charge on any atom is 0.460 e. The van der Waals surface area contributed by atoms with Gasteiger partial charge in [0, 0.05) is 18.2 Å². The molecule has 0 aromatic heterocycles. The minimum Gasteiger partial charge on any atom is -0.748 e. The molecule has 0 rings (SSSR count). The number of likely N-dealkylation sites (N-methyl/N-ethyl adjacent to an activating group) is 1. The zero-order valence-electron chi connectivity index (χ0n) is 15.9. The molecule has 1 N–H and O–H groups in total. The molecule has 0 radical (unpaired) electrons. The summed E-state index contributed by atoms with van der Waals surface area (Å²) in [6, 6.07) is 0. The first-order valence-corrected chi connectivity index (χ1v) is 9.79. The Morgan fingerprint density at radius 3 is 1.75 bits per heavy atom. The molecule has 0 fully saturated rings. The van der Waals surface area contributed by atoms with E-state index in [1.54, 1.807) is 0 Å². The first-order chi connectivity index (χ1) is 13.9. The van der Waals surface area contributed by atoms with Gasteiger partial charge in [-0.2, -0.15) is 48.3 Å². The van der Waals surface area contributed by atoms with Gasteiger partial charge < -0.3 is 14.1 Å². The van der Waals surface area contributed by atoms with Crippen LogP contribution in [0, 0.1) is 0 Å². The number of aliphatic hydroxyl groups excluding tert-OH is 1. The Labute approximate surface area is 173 Å². The highest BCUT2D eigenvalue weighted by molar-refractivity contribution is 7.85. The van der Waals surface area contributed by atoms with Crippen LogP contribution < -0.4 is 0 Å². The molecule has 0 aliphatic heterocycles. The minimum atomic E-state index is -7.77. The number of alkyl halides is 11. The summed E-state index contributed by atoms with van der Waals surface area (Å²) in [6.45, 7) is -2.90. The van der Waals surface area contributed by atoms with Gasteiger partial charge in [0.2, 0.25) is 0 Å². The zero-order valence-corrected chi connectivity index (χ0v) is 16.7. The largest absolute Gasteiger partial charge is 0.748 e. The molecule has 0 saturated heterocycles. The van der Waals surface area contributed by atoms with Gasteiger partial charge in [-0.05, 0) is 0 Å². The van der Waals surface area contributed by atoms with Gasteiger partial charge in [-0.25, -0.2) is 12.8 Å². The maximum atomic E-state index is 13.7. The number of rotatable bonds is 12. The Hall–Kier alpha value is -1.27. The van der Waals surface area contributed by atoms with Gasteiger partial charge in [0.1, 0.15) is 13.1 Å². The summed E-state index contributed by atoms with van der Waals surface area (Å²) in [6.07, 6.45) is -8.38. The number of allylic oxidation sites excluding steroid dienone is 1. The minimum absolute atomic E-state index is 0.476. The summed E-state index contributed by atoms with van der Waals surface area (Å²) < 4.78 is 187. The van der Waals surface area contributed by atoms with E-state index in [-0.39, 0.29) is 0 Å². The van der Waals surface area contributed by atoms with Crippen molar-refractivity contribution in [3.63, 3.8) is 0 Å². The highest BCUT2D eigenvalue weighted by Gasteiger charge is 2.87. The van der Waals surface area contributed by atoms with E-state index in [1.807, 2.05) is 0 Å². The Morgan fingerprint density at radius 1 is 0.906 bits per heavy atom. The van der Waals surface area contributed by atoms with Crippen LogP contribution in [-0.4, -0.2) is 91.5 Å². The van der Waals surface area contributed by atoms with Gasteiger partial charge in [-0.15, -0.1) is 0 Å². The Balaban J connectivity index is 5.94. The first kappa shape index (κ1) is 30.7. The van der Waals surface area contributed by atoms with Crippen LogP contribution in [-0.2, 0) is 10.1 Å². The van der Waals surface area contributed by atoms with E-state index in [0.29, 0.717) is 0 Å². The smallest absolute Gasteiger partial charge is 0.460 e. The van der Waals surface area contributed by atoms with Crippen LogP contribution >= 0.6 is 0 Å². The first-order valence-electron chi connectivity index (χ1n) is 8.22. The fraction of sp³-hybridized carbons (Fsp3) is 0.857. The fourth-order valence-corrected chi connectivity index (χ4v) is 2.79. The van der Waals surface area contributed by atoms with Crippen molar-refractivity contribution in [1.29, 1.82) is 0 Å². The second kappa shape index (κ2) is 9.54. The third-order valence-corrected chi connectivity index (χ3v) is 5.07. The lowest BCUT2D eigenvalue weighted by molar-refractivity contribution is -0.904. The lowest BCUT2D eigenvalue weighted by atomic mass is 9.97. The third-order valence-electron chi connectivity index (χ3n) is 4.28. The van der Waals surface area contributed by atoms with Crippen LogP contribution in [0.3, 0.4) is 0 Å². The Kier molecular flexibility index (Phi) is 9.16. The van der Waals surface area contributed by atoms with E-state index in [9.17, 15) is 65.7 Å². The van der Waals surface area contributed by atoms with Crippen molar-refractivity contribution in [3.8, 4) is 0 Å². The molecule has 32 heavy (non-hydrogen) atoms. The standard InChI is InChI=1S/C14H17F12NO4S/c1-27(6-7-28,4-2-8-32(29,30)31)5-3-9(15)10(16,17)11(18,19)12(20,21)13(22,23)14(24,25)26/h3,28H,2,4-8H2,1H3. The molecule has 0 aliphatic rings. The lowest BCUT2D eigenvalue weighted by Gasteiger charge is -2.37.